The third-order valence-electron chi connectivity index (χ3n) is 1.77. The van der Waals surface area contributed by atoms with E-state index in [9.17, 15) is 4.79 Å². The number of rotatable bonds is 2. The van der Waals surface area contributed by atoms with Gasteiger partial charge in [-0.1, -0.05) is 0 Å². The van der Waals surface area contributed by atoms with Gasteiger partial charge in [0.25, 0.3) is 0 Å². The van der Waals surface area contributed by atoms with E-state index in [0.29, 0.717) is 0 Å². The molecule has 1 aliphatic rings. The molecule has 4 heteroatoms. The van der Waals surface area contributed by atoms with Crippen LogP contribution in [0.2, 0.25) is 0 Å². The summed E-state index contributed by atoms with van der Waals surface area (Å²) in [5.74, 6) is -0.112. The van der Waals surface area contributed by atoms with Crippen molar-refractivity contribution < 1.29 is 9.53 Å². The van der Waals surface area contributed by atoms with Gasteiger partial charge in [-0.25, -0.2) is 0 Å². The van der Waals surface area contributed by atoms with Crippen molar-refractivity contribution in [2.24, 2.45) is 0 Å². The predicted molar refractivity (Wildman–Crippen MR) is 41.1 cm³/mol. The highest BCUT2D eigenvalue weighted by atomic mass is 32.2. The molecule has 1 aliphatic heterocycles. The average Bonchev–Trinajstić information content (AvgIpc) is 1.86. The van der Waals surface area contributed by atoms with E-state index in [4.69, 9.17) is 0 Å². The maximum Gasteiger partial charge on any atom is 0.324 e. The first kappa shape index (κ1) is 7.88. The third-order valence-corrected chi connectivity index (χ3v) is 3.01. The van der Waals surface area contributed by atoms with Gasteiger partial charge in [-0.15, -0.1) is 11.8 Å². The van der Waals surface area contributed by atoms with E-state index in [2.05, 4.69) is 10.1 Å². The second-order valence-electron chi connectivity index (χ2n) is 2.29. The molecule has 1 heterocycles. The Bertz CT molecular complexity index is 139. The Kier molecular flexibility index (Phi) is 2.21. The Morgan fingerprint density at radius 2 is 2.30 bits per heavy atom. The Morgan fingerprint density at radius 3 is 2.40 bits per heavy atom. The number of esters is 1. The quantitative estimate of drug-likeness (QED) is 0.572. The molecular formula is C6H11NO2S. The lowest BCUT2D eigenvalue weighted by atomic mass is 10.0. The van der Waals surface area contributed by atoms with Gasteiger partial charge < -0.3 is 10.1 Å². The van der Waals surface area contributed by atoms with Crippen LogP contribution in [0.4, 0.5) is 0 Å². The van der Waals surface area contributed by atoms with Crippen molar-refractivity contribution in [2.45, 2.75) is 4.75 Å². The molecule has 58 valence electrons. The largest absolute Gasteiger partial charge is 0.468 e. The van der Waals surface area contributed by atoms with Gasteiger partial charge in [0.1, 0.15) is 4.75 Å². The number of thioether (sulfide) groups is 1. The normalized spacial score (nSPS) is 21.4. The molecule has 10 heavy (non-hydrogen) atoms. The molecule has 1 fully saturated rings. The van der Waals surface area contributed by atoms with Crippen LogP contribution in [-0.4, -0.2) is 37.2 Å². The van der Waals surface area contributed by atoms with Crippen molar-refractivity contribution >= 4 is 17.7 Å². The number of ether oxygens (including phenoxy) is 1. The lowest BCUT2D eigenvalue weighted by Gasteiger charge is -2.37. The standard InChI is InChI=1S/C6H11NO2S/c1-9-5(8)6(10-2)3-7-4-6/h7H,3-4H2,1-2H3. The van der Waals surface area contributed by atoms with Crippen LogP contribution in [0.15, 0.2) is 0 Å². The van der Waals surface area contributed by atoms with Crippen LogP contribution in [0.5, 0.6) is 0 Å². The first-order valence-corrected chi connectivity index (χ1v) is 4.32. The van der Waals surface area contributed by atoms with E-state index in [1.807, 2.05) is 6.26 Å². The number of carbonyl (C=O) groups is 1. The van der Waals surface area contributed by atoms with Gasteiger partial charge in [-0.2, -0.15) is 0 Å². The van der Waals surface area contributed by atoms with Crippen LogP contribution < -0.4 is 5.32 Å². The Labute approximate surface area is 64.5 Å². The van der Waals surface area contributed by atoms with E-state index in [1.165, 1.54) is 7.11 Å². The highest BCUT2D eigenvalue weighted by Gasteiger charge is 2.44. The second-order valence-corrected chi connectivity index (χ2v) is 3.48. The molecule has 1 rings (SSSR count). The average molecular weight is 161 g/mol. The monoisotopic (exact) mass is 161 g/mol. The van der Waals surface area contributed by atoms with Crippen LogP contribution in [0.3, 0.4) is 0 Å². The molecule has 0 aromatic carbocycles. The van der Waals surface area contributed by atoms with Gasteiger partial charge in [-0.3, -0.25) is 4.79 Å². The highest BCUT2D eigenvalue weighted by Crippen LogP contribution is 2.28. The maximum absolute atomic E-state index is 11.1. The number of nitrogens with one attached hydrogen (secondary N) is 1. The third kappa shape index (κ3) is 1.01. The van der Waals surface area contributed by atoms with E-state index in [1.54, 1.807) is 11.8 Å². The van der Waals surface area contributed by atoms with E-state index >= 15 is 0 Å². The fraction of sp³-hybridized carbons (Fsp3) is 0.833. The second kappa shape index (κ2) is 2.80. The molecule has 0 unspecified atom stereocenters. The van der Waals surface area contributed by atoms with Gasteiger partial charge in [0, 0.05) is 13.1 Å². The maximum atomic E-state index is 11.1. The van der Waals surface area contributed by atoms with Crippen LogP contribution in [-0.2, 0) is 9.53 Å². The van der Waals surface area contributed by atoms with Gasteiger partial charge >= 0.3 is 5.97 Å². The summed E-state index contributed by atoms with van der Waals surface area (Å²) < 4.78 is 4.37. The van der Waals surface area contributed by atoms with Crippen molar-refractivity contribution in [3.05, 3.63) is 0 Å². The Morgan fingerprint density at radius 1 is 1.70 bits per heavy atom. The zero-order chi connectivity index (χ0) is 7.61. The summed E-state index contributed by atoms with van der Waals surface area (Å²) in [4.78, 5) is 11.1. The molecule has 0 bridgehead atoms. The van der Waals surface area contributed by atoms with Crippen molar-refractivity contribution in [1.29, 1.82) is 0 Å². The molecule has 1 saturated heterocycles. The molecule has 0 atom stereocenters. The SMILES string of the molecule is COC(=O)C1(SC)CNC1. The van der Waals surface area contributed by atoms with E-state index < -0.39 is 0 Å². The molecule has 0 aliphatic carbocycles. The molecule has 3 nitrogen and oxygen atoms in total. The fourth-order valence-electron chi connectivity index (χ4n) is 0.910. The van der Waals surface area contributed by atoms with Crippen LogP contribution >= 0.6 is 11.8 Å². The van der Waals surface area contributed by atoms with Gasteiger partial charge in [0.2, 0.25) is 0 Å². The first-order valence-electron chi connectivity index (χ1n) is 3.09. The van der Waals surface area contributed by atoms with Gasteiger partial charge in [0.05, 0.1) is 7.11 Å². The van der Waals surface area contributed by atoms with E-state index in [-0.39, 0.29) is 10.7 Å². The van der Waals surface area contributed by atoms with Gasteiger partial charge in [-0.05, 0) is 6.26 Å². The Hall–Kier alpha value is -0.220. The van der Waals surface area contributed by atoms with Crippen molar-refractivity contribution in [2.75, 3.05) is 26.5 Å². The first-order chi connectivity index (χ1) is 4.75. The van der Waals surface area contributed by atoms with E-state index in [0.717, 1.165) is 13.1 Å². The minimum absolute atomic E-state index is 0.112. The Balaban J connectivity index is 2.55. The molecule has 0 radical (unpaired) electrons. The van der Waals surface area contributed by atoms with Crippen molar-refractivity contribution in [3.8, 4) is 0 Å². The van der Waals surface area contributed by atoms with Crippen LogP contribution in [0.1, 0.15) is 0 Å². The van der Waals surface area contributed by atoms with Crippen LogP contribution in [0.25, 0.3) is 0 Å². The zero-order valence-corrected chi connectivity index (χ0v) is 6.96. The topological polar surface area (TPSA) is 38.3 Å². The number of hydrogen-bond acceptors (Lipinski definition) is 4. The molecule has 0 spiro atoms. The molecule has 0 aromatic rings. The summed E-state index contributed by atoms with van der Waals surface area (Å²) in [6.07, 6.45) is 1.93. The summed E-state index contributed by atoms with van der Waals surface area (Å²) in [6.45, 7) is 1.47. The molecule has 0 saturated carbocycles. The summed E-state index contributed by atoms with van der Waals surface area (Å²) >= 11 is 1.55. The summed E-state index contributed by atoms with van der Waals surface area (Å²) in [5.41, 5.74) is 0. The predicted octanol–water partition coefficient (Wildman–Crippen LogP) is -0.136. The van der Waals surface area contributed by atoms with Crippen molar-refractivity contribution in [1.82, 2.24) is 5.32 Å². The molecule has 0 amide bonds. The fourth-order valence-corrected chi connectivity index (χ4v) is 1.65. The molecule has 0 aromatic heterocycles. The smallest absolute Gasteiger partial charge is 0.324 e. The molecule has 1 N–H and O–H groups in total. The lowest BCUT2D eigenvalue weighted by molar-refractivity contribution is -0.144. The number of methoxy groups -OCH3 is 1. The minimum Gasteiger partial charge on any atom is -0.468 e. The zero-order valence-electron chi connectivity index (χ0n) is 6.14. The van der Waals surface area contributed by atoms with Crippen LogP contribution in [0, 0.1) is 0 Å². The lowest BCUT2D eigenvalue weighted by Crippen LogP contribution is -2.62. The van der Waals surface area contributed by atoms with Gasteiger partial charge in [0.15, 0.2) is 0 Å². The highest BCUT2D eigenvalue weighted by molar-refractivity contribution is 8.00. The summed E-state index contributed by atoms with van der Waals surface area (Å²) in [6, 6.07) is 0. The molecular weight excluding hydrogens is 150 g/mol. The van der Waals surface area contributed by atoms with Crippen molar-refractivity contribution in [3.63, 3.8) is 0 Å². The summed E-state index contributed by atoms with van der Waals surface area (Å²) in [7, 11) is 1.43. The number of carbonyl (C=O) groups excluding carboxylic acids is 1. The number of hydrogen-bond donors (Lipinski definition) is 1. The minimum atomic E-state index is -0.283. The summed E-state index contributed by atoms with van der Waals surface area (Å²) in [5, 5.41) is 3.05.